The Balaban J connectivity index is 0.00000312. The smallest absolute Gasteiger partial charge is 0.451 e. The van der Waals surface area contributed by atoms with Gasteiger partial charge in [0, 0.05) is 0 Å². The van der Waals surface area contributed by atoms with Crippen LogP contribution >= 0.6 is 12.4 Å². The summed E-state index contributed by atoms with van der Waals surface area (Å²) in [6, 6.07) is 7.40. The highest BCUT2D eigenvalue weighted by Crippen LogP contribution is 2.23. The van der Waals surface area contributed by atoms with E-state index in [1.54, 1.807) is 11.8 Å². The number of tetrazole rings is 1. The summed E-state index contributed by atoms with van der Waals surface area (Å²) in [5, 5.41) is 29.6. The lowest BCUT2D eigenvalue weighted by molar-refractivity contribution is 0.400. The molecular weight excluding hydrogens is 344 g/mol. The summed E-state index contributed by atoms with van der Waals surface area (Å²) < 4.78 is 6.90. The summed E-state index contributed by atoms with van der Waals surface area (Å²) >= 11 is 0. The lowest BCUT2D eigenvalue weighted by Gasteiger charge is -2.17. The number of nitrogens with two attached hydrogens (primary N) is 1. The van der Waals surface area contributed by atoms with Gasteiger partial charge in [-0.2, -0.15) is 0 Å². The molecule has 1 unspecified atom stereocenters. The minimum absolute atomic E-state index is 0. The molecule has 0 aliphatic carbocycles. The van der Waals surface area contributed by atoms with Crippen molar-refractivity contribution in [1.82, 2.24) is 20.2 Å². The SMILES string of the molecule is COc1ccc([C@@H](C)n2nnnc2C(N)CCCCB(O)O)cc1.Cl. The molecule has 2 aromatic rings. The van der Waals surface area contributed by atoms with Gasteiger partial charge in [0.15, 0.2) is 5.82 Å². The number of rotatable bonds is 9. The molecule has 138 valence electrons. The molecule has 0 fully saturated rings. The van der Waals surface area contributed by atoms with Crippen LogP contribution in [0, 0.1) is 0 Å². The van der Waals surface area contributed by atoms with Crippen LogP contribution in [0.5, 0.6) is 5.75 Å². The summed E-state index contributed by atoms with van der Waals surface area (Å²) in [6.07, 6.45) is 2.51. The zero-order valence-electron chi connectivity index (χ0n) is 14.4. The van der Waals surface area contributed by atoms with Crippen molar-refractivity contribution in [2.75, 3.05) is 7.11 Å². The van der Waals surface area contributed by atoms with Crippen LogP contribution < -0.4 is 10.5 Å². The third-order valence-electron chi connectivity index (χ3n) is 4.04. The number of aromatic nitrogens is 4. The third kappa shape index (κ3) is 5.96. The molecule has 10 heteroatoms. The topological polar surface area (TPSA) is 119 Å². The van der Waals surface area contributed by atoms with Crippen molar-refractivity contribution in [3.8, 4) is 5.75 Å². The van der Waals surface area contributed by atoms with Gasteiger partial charge in [-0.1, -0.05) is 25.0 Å². The molecule has 0 aliphatic rings. The standard InChI is InChI=1S/C15H24BN5O3.ClH/c1-11(12-6-8-13(24-2)9-7-12)21-15(18-19-20-21)14(17)5-3-4-10-16(22)23;/h6-9,11,14,22-23H,3-5,10,17H2,1-2H3;1H/t11-,14?;/m1./s1. The van der Waals surface area contributed by atoms with E-state index in [9.17, 15) is 0 Å². The first-order chi connectivity index (χ1) is 11.5. The molecule has 1 aromatic heterocycles. The number of hydrogen-bond donors (Lipinski definition) is 3. The Bertz CT molecular complexity index is 626. The second-order valence-electron chi connectivity index (χ2n) is 5.80. The molecule has 0 aliphatic heterocycles. The molecule has 0 amide bonds. The second kappa shape index (κ2) is 10.3. The molecule has 1 aromatic carbocycles. The maximum Gasteiger partial charge on any atom is 0.451 e. The number of ether oxygens (including phenoxy) is 1. The minimum atomic E-state index is -1.26. The van der Waals surface area contributed by atoms with Crippen molar-refractivity contribution in [2.45, 2.75) is 44.6 Å². The summed E-state index contributed by atoms with van der Waals surface area (Å²) in [6.45, 7) is 2.01. The van der Waals surface area contributed by atoms with Gasteiger partial charge in [-0.15, -0.1) is 17.5 Å². The van der Waals surface area contributed by atoms with Crippen molar-refractivity contribution in [3.05, 3.63) is 35.7 Å². The van der Waals surface area contributed by atoms with Gasteiger partial charge < -0.3 is 20.5 Å². The van der Waals surface area contributed by atoms with E-state index in [-0.39, 0.29) is 24.5 Å². The highest BCUT2D eigenvalue weighted by Gasteiger charge is 2.20. The minimum Gasteiger partial charge on any atom is -0.497 e. The number of benzene rings is 1. The van der Waals surface area contributed by atoms with E-state index in [4.69, 9.17) is 20.5 Å². The zero-order valence-corrected chi connectivity index (χ0v) is 15.3. The summed E-state index contributed by atoms with van der Waals surface area (Å²) in [4.78, 5) is 0. The van der Waals surface area contributed by atoms with E-state index in [1.165, 1.54) is 0 Å². The predicted octanol–water partition coefficient (Wildman–Crippen LogP) is 1.36. The van der Waals surface area contributed by atoms with Crippen molar-refractivity contribution in [2.24, 2.45) is 5.73 Å². The Kier molecular flexibility index (Phi) is 8.84. The van der Waals surface area contributed by atoms with Gasteiger partial charge in [0.2, 0.25) is 0 Å². The number of halogens is 1. The Hall–Kier alpha value is -1.68. The van der Waals surface area contributed by atoms with Gasteiger partial charge in [-0.25, -0.2) is 4.68 Å². The van der Waals surface area contributed by atoms with Crippen LogP contribution in [0.2, 0.25) is 6.32 Å². The van der Waals surface area contributed by atoms with Crippen LogP contribution in [0.1, 0.15) is 49.7 Å². The number of nitrogens with zero attached hydrogens (tertiary/aromatic N) is 4. The fourth-order valence-electron chi connectivity index (χ4n) is 2.56. The van der Waals surface area contributed by atoms with Crippen molar-refractivity contribution in [1.29, 1.82) is 0 Å². The molecule has 0 saturated heterocycles. The van der Waals surface area contributed by atoms with Crippen molar-refractivity contribution < 1.29 is 14.8 Å². The zero-order chi connectivity index (χ0) is 17.5. The molecule has 0 bridgehead atoms. The average molecular weight is 370 g/mol. The predicted molar refractivity (Wildman–Crippen MR) is 97.7 cm³/mol. The van der Waals surface area contributed by atoms with Gasteiger partial charge in [-0.05, 0) is 47.8 Å². The molecule has 2 atom stereocenters. The monoisotopic (exact) mass is 369 g/mol. The van der Waals surface area contributed by atoms with E-state index in [0.29, 0.717) is 25.0 Å². The quantitative estimate of drug-likeness (QED) is 0.451. The summed E-state index contributed by atoms with van der Waals surface area (Å²) in [7, 11) is 0.369. The van der Waals surface area contributed by atoms with Crippen LogP contribution in [-0.4, -0.2) is 44.5 Å². The maximum absolute atomic E-state index is 8.86. The summed E-state index contributed by atoms with van der Waals surface area (Å²) in [5.41, 5.74) is 7.27. The molecule has 0 saturated carbocycles. The molecular formula is C15H25BClN5O3. The maximum atomic E-state index is 8.86. The van der Waals surface area contributed by atoms with Crippen LogP contribution in [0.15, 0.2) is 24.3 Å². The lowest BCUT2D eigenvalue weighted by atomic mass is 9.83. The molecule has 1 heterocycles. The largest absolute Gasteiger partial charge is 0.497 e. The van der Waals surface area contributed by atoms with Crippen molar-refractivity contribution >= 4 is 19.5 Å². The van der Waals surface area contributed by atoms with Crippen LogP contribution in [-0.2, 0) is 0 Å². The Labute approximate surface area is 153 Å². The van der Waals surface area contributed by atoms with E-state index in [2.05, 4.69) is 15.5 Å². The highest BCUT2D eigenvalue weighted by atomic mass is 35.5. The van der Waals surface area contributed by atoms with Gasteiger partial charge >= 0.3 is 7.12 Å². The van der Waals surface area contributed by atoms with E-state index in [0.717, 1.165) is 17.7 Å². The molecule has 4 N–H and O–H groups in total. The normalized spacial score (nSPS) is 13.0. The first-order valence-electron chi connectivity index (χ1n) is 8.06. The fourth-order valence-corrected chi connectivity index (χ4v) is 2.56. The third-order valence-corrected chi connectivity index (χ3v) is 4.04. The van der Waals surface area contributed by atoms with Crippen LogP contribution in [0.25, 0.3) is 0 Å². The molecule has 8 nitrogen and oxygen atoms in total. The number of hydrogen-bond acceptors (Lipinski definition) is 7. The van der Waals surface area contributed by atoms with Gasteiger partial charge in [0.05, 0.1) is 19.2 Å². The molecule has 2 rings (SSSR count). The second-order valence-corrected chi connectivity index (χ2v) is 5.80. The van der Waals surface area contributed by atoms with Gasteiger partial charge in [0.1, 0.15) is 5.75 Å². The number of methoxy groups -OCH3 is 1. The average Bonchev–Trinajstić information content (AvgIpc) is 3.07. The van der Waals surface area contributed by atoms with Crippen molar-refractivity contribution in [3.63, 3.8) is 0 Å². The van der Waals surface area contributed by atoms with Gasteiger partial charge in [-0.3, -0.25) is 0 Å². The Morgan fingerprint density at radius 1 is 1.24 bits per heavy atom. The number of unbranched alkanes of at least 4 members (excludes halogenated alkanes) is 1. The van der Waals surface area contributed by atoms with Gasteiger partial charge in [0.25, 0.3) is 0 Å². The van der Waals surface area contributed by atoms with E-state index >= 15 is 0 Å². The first-order valence-corrected chi connectivity index (χ1v) is 8.06. The fraction of sp³-hybridized carbons (Fsp3) is 0.533. The molecule has 25 heavy (non-hydrogen) atoms. The molecule has 0 radical (unpaired) electrons. The van der Waals surface area contributed by atoms with E-state index < -0.39 is 7.12 Å². The lowest BCUT2D eigenvalue weighted by Crippen LogP contribution is -2.20. The first kappa shape index (κ1) is 21.4. The van der Waals surface area contributed by atoms with Crippen LogP contribution in [0.4, 0.5) is 0 Å². The Morgan fingerprint density at radius 2 is 1.92 bits per heavy atom. The Morgan fingerprint density at radius 3 is 2.52 bits per heavy atom. The molecule has 0 spiro atoms. The van der Waals surface area contributed by atoms with Crippen LogP contribution in [0.3, 0.4) is 0 Å². The highest BCUT2D eigenvalue weighted by molar-refractivity contribution is 6.40. The summed E-state index contributed by atoms with van der Waals surface area (Å²) in [5.74, 6) is 1.42. The van der Waals surface area contributed by atoms with E-state index in [1.807, 2.05) is 31.2 Å².